The molecule has 0 saturated carbocycles. The Morgan fingerprint density at radius 2 is 1.56 bits per heavy atom. The van der Waals surface area contributed by atoms with Gasteiger partial charge in [-0.25, -0.2) is 0 Å². The molecule has 0 aromatic carbocycles. The van der Waals surface area contributed by atoms with Crippen LogP contribution in [0.25, 0.3) is 0 Å². The summed E-state index contributed by atoms with van der Waals surface area (Å²) in [5.74, 6) is -0.0532. The maximum Gasteiger partial charge on any atom is 0.225 e. The average Bonchev–Trinajstić information content (AvgIpc) is 2.14. The van der Waals surface area contributed by atoms with E-state index in [2.05, 4.69) is 10.6 Å². The standard InChI is InChI=1S/C11H22N2O3/c1-9(14)12-5-7-16-8-6-13-10(15)11(2,3)4/h5-8H2,1-4H3,(H,12,14)(H,13,15). The third-order valence-electron chi connectivity index (χ3n) is 1.83. The molecule has 5 nitrogen and oxygen atoms in total. The van der Waals surface area contributed by atoms with Crippen LogP contribution in [-0.4, -0.2) is 38.1 Å². The lowest BCUT2D eigenvalue weighted by molar-refractivity contribution is -0.128. The summed E-state index contributed by atoms with van der Waals surface area (Å²) in [5.41, 5.74) is -0.365. The number of rotatable bonds is 6. The van der Waals surface area contributed by atoms with Crippen molar-refractivity contribution in [3.05, 3.63) is 0 Å². The number of carbonyl (C=O) groups excluding carboxylic acids is 2. The van der Waals surface area contributed by atoms with Crippen molar-refractivity contribution >= 4 is 11.8 Å². The van der Waals surface area contributed by atoms with E-state index >= 15 is 0 Å². The Hall–Kier alpha value is -1.10. The molecule has 5 heteroatoms. The second-order valence-corrected chi connectivity index (χ2v) is 4.60. The summed E-state index contributed by atoms with van der Waals surface area (Å²) >= 11 is 0. The molecule has 0 aromatic heterocycles. The van der Waals surface area contributed by atoms with E-state index in [0.29, 0.717) is 26.3 Å². The quantitative estimate of drug-likeness (QED) is 0.645. The Morgan fingerprint density at radius 3 is 2.00 bits per heavy atom. The number of hydrogen-bond acceptors (Lipinski definition) is 3. The van der Waals surface area contributed by atoms with Crippen molar-refractivity contribution in [2.24, 2.45) is 5.41 Å². The van der Waals surface area contributed by atoms with Crippen molar-refractivity contribution < 1.29 is 14.3 Å². The van der Waals surface area contributed by atoms with Crippen LogP contribution in [0.2, 0.25) is 0 Å². The molecule has 0 aliphatic rings. The van der Waals surface area contributed by atoms with E-state index in [1.165, 1.54) is 6.92 Å². The zero-order valence-corrected chi connectivity index (χ0v) is 10.6. The van der Waals surface area contributed by atoms with Gasteiger partial charge in [0, 0.05) is 25.4 Å². The first-order valence-corrected chi connectivity index (χ1v) is 5.44. The molecule has 0 unspecified atom stereocenters. The molecule has 0 atom stereocenters. The highest BCUT2D eigenvalue weighted by atomic mass is 16.5. The van der Waals surface area contributed by atoms with Gasteiger partial charge < -0.3 is 15.4 Å². The molecular weight excluding hydrogens is 208 g/mol. The molecule has 0 fully saturated rings. The summed E-state index contributed by atoms with van der Waals surface area (Å²) in [4.78, 5) is 21.9. The molecule has 0 heterocycles. The van der Waals surface area contributed by atoms with E-state index in [0.717, 1.165) is 0 Å². The van der Waals surface area contributed by atoms with E-state index < -0.39 is 0 Å². The van der Waals surface area contributed by atoms with Crippen LogP contribution >= 0.6 is 0 Å². The van der Waals surface area contributed by atoms with Gasteiger partial charge in [0.15, 0.2) is 0 Å². The van der Waals surface area contributed by atoms with Crippen LogP contribution in [0.1, 0.15) is 27.7 Å². The van der Waals surface area contributed by atoms with Crippen LogP contribution in [0.3, 0.4) is 0 Å². The van der Waals surface area contributed by atoms with Crippen molar-refractivity contribution in [3.8, 4) is 0 Å². The van der Waals surface area contributed by atoms with E-state index in [-0.39, 0.29) is 17.2 Å². The fourth-order valence-corrected chi connectivity index (χ4v) is 0.903. The van der Waals surface area contributed by atoms with Crippen molar-refractivity contribution in [1.82, 2.24) is 10.6 Å². The van der Waals surface area contributed by atoms with Gasteiger partial charge in [0.25, 0.3) is 0 Å². The summed E-state index contributed by atoms with van der Waals surface area (Å²) in [6.07, 6.45) is 0. The van der Waals surface area contributed by atoms with E-state index in [1.807, 2.05) is 20.8 Å². The van der Waals surface area contributed by atoms with Gasteiger partial charge in [0.1, 0.15) is 0 Å². The topological polar surface area (TPSA) is 67.4 Å². The first-order chi connectivity index (χ1) is 7.34. The van der Waals surface area contributed by atoms with Crippen LogP contribution in [-0.2, 0) is 14.3 Å². The van der Waals surface area contributed by atoms with Gasteiger partial charge >= 0.3 is 0 Å². The Bertz CT molecular complexity index is 234. The summed E-state index contributed by atoms with van der Waals surface area (Å²) in [6, 6.07) is 0. The van der Waals surface area contributed by atoms with Gasteiger partial charge in [-0.3, -0.25) is 9.59 Å². The first kappa shape index (κ1) is 14.9. The normalized spacial score (nSPS) is 11.0. The fraction of sp³-hybridized carbons (Fsp3) is 0.818. The van der Waals surface area contributed by atoms with Crippen LogP contribution in [0.5, 0.6) is 0 Å². The van der Waals surface area contributed by atoms with E-state index in [4.69, 9.17) is 4.74 Å². The minimum absolute atomic E-state index is 0.0120. The SMILES string of the molecule is CC(=O)NCCOCCNC(=O)C(C)(C)C. The molecule has 2 amide bonds. The molecule has 0 radical (unpaired) electrons. The number of amides is 2. The molecule has 0 spiro atoms. The first-order valence-electron chi connectivity index (χ1n) is 5.44. The molecule has 94 valence electrons. The molecule has 0 rings (SSSR count). The van der Waals surface area contributed by atoms with Crippen LogP contribution < -0.4 is 10.6 Å². The van der Waals surface area contributed by atoms with Gasteiger partial charge in [-0.05, 0) is 0 Å². The summed E-state index contributed by atoms with van der Waals surface area (Å²) in [6.45, 7) is 8.97. The van der Waals surface area contributed by atoms with E-state index in [1.54, 1.807) is 0 Å². The molecule has 16 heavy (non-hydrogen) atoms. The van der Waals surface area contributed by atoms with Crippen molar-refractivity contribution in [3.63, 3.8) is 0 Å². The number of ether oxygens (including phenoxy) is 1. The predicted octanol–water partition coefficient (Wildman–Crippen LogP) is 0.301. The smallest absolute Gasteiger partial charge is 0.225 e. The minimum Gasteiger partial charge on any atom is -0.378 e. The van der Waals surface area contributed by atoms with E-state index in [9.17, 15) is 9.59 Å². The highest BCUT2D eigenvalue weighted by Crippen LogP contribution is 2.11. The molecule has 0 aromatic rings. The van der Waals surface area contributed by atoms with Crippen molar-refractivity contribution in [2.75, 3.05) is 26.3 Å². The Labute approximate surface area is 96.9 Å². The molecule has 2 N–H and O–H groups in total. The van der Waals surface area contributed by atoms with Gasteiger partial charge in [0.2, 0.25) is 11.8 Å². The highest BCUT2D eigenvalue weighted by Gasteiger charge is 2.20. The maximum atomic E-state index is 11.4. The lowest BCUT2D eigenvalue weighted by Crippen LogP contribution is -2.37. The minimum atomic E-state index is -0.365. The van der Waals surface area contributed by atoms with Crippen LogP contribution in [0.4, 0.5) is 0 Å². The maximum absolute atomic E-state index is 11.4. The van der Waals surface area contributed by atoms with Gasteiger partial charge in [-0.1, -0.05) is 20.8 Å². The zero-order chi connectivity index (χ0) is 12.6. The molecule has 0 bridgehead atoms. The Balaban J connectivity index is 3.34. The molecule has 0 aliphatic carbocycles. The summed E-state index contributed by atoms with van der Waals surface area (Å²) in [5, 5.41) is 5.39. The summed E-state index contributed by atoms with van der Waals surface area (Å²) in [7, 11) is 0. The van der Waals surface area contributed by atoms with Gasteiger partial charge in [0.05, 0.1) is 13.2 Å². The van der Waals surface area contributed by atoms with Crippen molar-refractivity contribution in [2.45, 2.75) is 27.7 Å². The van der Waals surface area contributed by atoms with Crippen LogP contribution in [0.15, 0.2) is 0 Å². The lowest BCUT2D eigenvalue weighted by atomic mass is 9.96. The average molecular weight is 230 g/mol. The Morgan fingerprint density at radius 1 is 1.06 bits per heavy atom. The number of nitrogens with one attached hydrogen (secondary N) is 2. The number of hydrogen-bond donors (Lipinski definition) is 2. The van der Waals surface area contributed by atoms with Crippen molar-refractivity contribution in [1.29, 1.82) is 0 Å². The van der Waals surface area contributed by atoms with Gasteiger partial charge in [-0.15, -0.1) is 0 Å². The lowest BCUT2D eigenvalue weighted by Gasteiger charge is -2.17. The largest absolute Gasteiger partial charge is 0.378 e. The van der Waals surface area contributed by atoms with Gasteiger partial charge in [-0.2, -0.15) is 0 Å². The third-order valence-corrected chi connectivity index (χ3v) is 1.83. The monoisotopic (exact) mass is 230 g/mol. The molecule has 0 saturated heterocycles. The Kier molecular flexibility index (Phi) is 6.72. The molecular formula is C11H22N2O3. The predicted molar refractivity (Wildman–Crippen MR) is 62.0 cm³/mol. The second-order valence-electron chi connectivity index (χ2n) is 4.60. The summed E-state index contributed by atoms with van der Waals surface area (Å²) < 4.78 is 5.22. The number of carbonyl (C=O) groups is 2. The molecule has 0 aliphatic heterocycles. The zero-order valence-electron chi connectivity index (χ0n) is 10.6. The fourth-order valence-electron chi connectivity index (χ4n) is 0.903. The third kappa shape index (κ3) is 8.23. The second kappa shape index (κ2) is 7.22. The van der Waals surface area contributed by atoms with Crippen LogP contribution in [0, 0.1) is 5.41 Å². The highest BCUT2D eigenvalue weighted by molar-refractivity contribution is 5.81.